The lowest BCUT2D eigenvalue weighted by Gasteiger charge is -2.28. The van der Waals surface area contributed by atoms with E-state index in [1.165, 1.54) is 315 Å². The van der Waals surface area contributed by atoms with Crippen LogP contribution in [0.3, 0.4) is 0 Å². The van der Waals surface area contributed by atoms with Crippen LogP contribution in [0, 0.1) is 0 Å². The van der Waals surface area contributed by atoms with E-state index in [1.807, 2.05) is 0 Å². The predicted octanol–water partition coefficient (Wildman–Crippen LogP) is 23.8. The molecule has 62 heavy (non-hydrogen) atoms. The van der Waals surface area contributed by atoms with E-state index in [1.54, 1.807) is 50.3 Å². The molecular formula is C61H126P+. The number of unbranched alkanes of at least 4 members (excludes halogenated alkanes) is 49. The van der Waals surface area contributed by atoms with Crippen molar-refractivity contribution in [1.82, 2.24) is 0 Å². The van der Waals surface area contributed by atoms with Crippen LogP contribution in [0.1, 0.15) is 368 Å². The lowest BCUT2D eigenvalue weighted by atomic mass is 10.0. The Morgan fingerprint density at radius 3 is 0.339 bits per heavy atom. The Morgan fingerprint density at radius 2 is 0.226 bits per heavy atom. The van der Waals surface area contributed by atoms with Gasteiger partial charge in [0.2, 0.25) is 0 Å². The van der Waals surface area contributed by atoms with Gasteiger partial charge in [0.25, 0.3) is 0 Å². The molecular weight excluding hydrogens is 764 g/mol. The summed E-state index contributed by atoms with van der Waals surface area (Å²) < 4.78 is 0. The molecule has 0 rings (SSSR count). The van der Waals surface area contributed by atoms with Gasteiger partial charge in [-0.25, -0.2) is 0 Å². The Kier molecular flexibility index (Phi) is 56.1. The van der Waals surface area contributed by atoms with E-state index in [-0.39, 0.29) is 0 Å². The highest BCUT2D eigenvalue weighted by molar-refractivity contribution is 7.75. The summed E-state index contributed by atoms with van der Waals surface area (Å²) in [6.07, 6.45) is 85.8. The van der Waals surface area contributed by atoms with E-state index >= 15 is 0 Å². The van der Waals surface area contributed by atoms with Gasteiger partial charge in [0.1, 0.15) is 0 Å². The highest BCUT2D eigenvalue weighted by atomic mass is 31.2. The van der Waals surface area contributed by atoms with E-state index in [9.17, 15) is 0 Å². The Labute approximate surface area is 398 Å². The summed E-state index contributed by atoms with van der Waals surface area (Å²) in [5.74, 6) is 0. The fourth-order valence-corrected chi connectivity index (χ4v) is 15.6. The molecule has 1 heteroatoms. The Balaban J connectivity index is 4.92. The van der Waals surface area contributed by atoms with Crippen molar-refractivity contribution in [2.24, 2.45) is 0 Å². The van der Waals surface area contributed by atoms with Crippen LogP contribution in [-0.4, -0.2) is 24.6 Å². The molecule has 0 fully saturated rings. The summed E-state index contributed by atoms with van der Waals surface area (Å²) in [5, 5.41) is 0. The molecule has 0 N–H and O–H groups in total. The maximum atomic E-state index is 2.34. The summed E-state index contributed by atoms with van der Waals surface area (Å²) >= 11 is 0. The van der Waals surface area contributed by atoms with Crippen LogP contribution in [0.5, 0.6) is 0 Å². The first kappa shape index (κ1) is 62.4. The molecule has 374 valence electrons. The molecule has 0 aromatic rings. The largest absolute Gasteiger partial charge is 0.0654 e. The molecule has 0 radical (unpaired) electrons. The van der Waals surface area contributed by atoms with Gasteiger partial charge in [-0.2, -0.15) is 0 Å². The van der Waals surface area contributed by atoms with Gasteiger partial charge in [-0.05, 0) is 51.4 Å². The molecule has 0 aromatic heterocycles. The quantitative estimate of drug-likeness (QED) is 0.0422. The van der Waals surface area contributed by atoms with Gasteiger partial charge in [-0.1, -0.05) is 317 Å². The van der Waals surface area contributed by atoms with Gasteiger partial charge in [0, 0.05) is 7.26 Å². The zero-order valence-corrected chi connectivity index (χ0v) is 45.6. The van der Waals surface area contributed by atoms with Crippen molar-refractivity contribution >= 4 is 7.26 Å². The first-order chi connectivity index (χ1) is 30.7. The minimum Gasteiger partial charge on any atom is -0.0654 e. The van der Waals surface area contributed by atoms with Crippen molar-refractivity contribution < 1.29 is 0 Å². The van der Waals surface area contributed by atoms with Crippen LogP contribution in [0.15, 0.2) is 0 Å². The van der Waals surface area contributed by atoms with Crippen LogP contribution >= 0.6 is 7.26 Å². The normalized spacial score (nSPS) is 12.0. The van der Waals surface area contributed by atoms with E-state index in [0.717, 1.165) is 0 Å². The summed E-state index contributed by atoms with van der Waals surface area (Å²) in [6, 6.07) is 0. The monoisotopic (exact) mass is 890 g/mol. The molecule has 0 aliphatic rings. The Morgan fingerprint density at radius 1 is 0.129 bits per heavy atom. The topological polar surface area (TPSA) is 0 Å². The van der Waals surface area contributed by atoms with E-state index < -0.39 is 7.26 Å². The average molecular weight is 891 g/mol. The average Bonchev–Trinajstić information content (AvgIpc) is 3.28. The summed E-state index contributed by atoms with van der Waals surface area (Å²) in [4.78, 5) is 0. The second kappa shape index (κ2) is 55.8. The van der Waals surface area contributed by atoms with Crippen molar-refractivity contribution in [3.8, 4) is 0 Å². The highest BCUT2D eigenvalue weighted by Crippen LogP contribution is 2.61. The number of hydrogen-bond acceptors (Lipinski definition) is 0. The fourth-order valence-electron chi connectivity index (χ4n) is 10.7. The summed E-state index contributed by atoms with van der Waals surface area (Å²) in [6.45, 7) is 9.35. The van der Waals surface area contributed by atoms with Crippen molar-refractivity contribution in [2.45, 2.75) is 368 Å². The van der Waals surface area contributed by atoms with Gasteiger partial charge in [0.05, 0.1) is 24.6 Å². The smallest absolute Gasteiger partial charge is 0.0594 e. The van der Waals surface area contributed by atoms with Crippen molar-refractivity contribution in [3.05, 3.63) is 0 Å². The molecule has 0 amide bonds. The SMILES string of the molecule is CCCCCCCCCCCCCCCC[P+](CCCCCCCCCCCCCCC)(CCCCCCCCCCCCCCC)CCCCCCCCCCCCCCC. The van der Waals surface area contributed by atoms with Crippen molar-refractivity contribution in [2.75, 3.05) is 24.6 Å². The predicted molar refractivity (Wildman–Crippen MR) is 294 cm³/mol. The van der Waals surface area contributed by atoms with E-state index in [0.29, 0.717) is 0 Å². The van der Waals surface area contributed by atoms with Gasteiger partial charge in [0.15, 0.2) is 0 Å². The maximum Gasteiger partial charge on any atom is 0.0594 e. The molecule has 0 aliphatic heterocycles. The highest BCUT2D eigenvalue weighted by Gasteiger charge is 2.35. The molecule has 0 bridgehead atoms. The second-order valence-corrected chi connectivity index (χ2v) is 26.0. The van der Waals surface area contributed by atoms with Gasteiger partial charge >= 0.3 is 0 Å². The summed E-state index contributed by atoms with van der Waals surface area (Å²) in [7, 11) is -0.828. The molecule has 0 spiro atoms. The third kappa shape index (κ3) is 49.9. The Bertz CT molecular complexity index is 684. The minimum atomic E-state index is -0.828. The van der Waals surface area contributed by atoms with Gasteiger partial charge in [-0.3, -0.25) is 0 Å². The third-order valence-corrected chi connectivity index (χ3v) is 20.3. The zero-order chi connectivity index (χ0) is 44.8. The van der Waals surface area contributed by atoms with Crippen LogP contribution < -0.4 is 0 Å². The molecule has 0 saturated carbocycles. The van der Waals surface area contributed by atoms with E-state index in [4.69, 9.17) is 0 Å². The van der Waals surface area contributed by atoms with Crippen LogP contribution in [0.2, 0.25) is 0 Å². The molecule has 0 saturated heterocycles. The molecule has 0 aromatic carbocycles. The molecule has 0 nitrogen and oxygen atoms in total. The molecule has 0 atom stereocenters. The second-order valence-electron chi connectivity index (χ2n) is 21.6. The first-order valence-electron chi connectivity index (χ1n) is 30.6. The molecule has 0 heterocycles. The van der Waals surface area contributed by atoms with E-state index in [2.05, 4.69) is 27.7 Å². The maximum absolute atomic E-state index is 2.34. The lowest BCUT2D eigenvalue weighted by molar-refractivity contribution is 0.537. The standard InChI is InChI=1S/C61H126P/c1-5-9-13-17-21-25-29-33-37-41-45-49-53-57-61-62(58-54-50-46-42-38-34-30-26-22-18-14-10-6-2,59-55-51-47-43-39-35-31-27-23-19-15-11-7-3)60-56-52-48-44-40-36-32-28-24-20-16-12-8-4/h5-61H2,1-4H3/q+1. The molecule has 0 aliphatic carbocycles. The summed E-state index contributed by atoms with van der Waals surface area (Å²) in [5.41, 5.74) is 0. The van der Waals surface area contributed by atoms with Crippen molar-refractivity contribution in [3.63, 3.8) is 0 Å². The zero-order valence-electron chi connectivity index (χ0n) is 44.8. The van der Waals surface area contributed by atoms with Gasteiger partial charge in [-0.15, -0.1) is 0 Å². The van der Waals surface area contributed by atoms with Crippen molar-refractivity contribution in [1.29, 1.82) is 0 Å². The lowest BCUT2D eigenvalue weighted by Crippen LogP contribution is -2.13. The molecule has 0 unspecified atom stereocenters. The fraction of sp³-hybridized carbons (Fsp3) is 1.00. The van der Waals surface area contributed by atoms with Crippen LogP contribution in [0.4, 0.5) is 0 Å². The minimum absolute atomic E-state index is 0.828. The third-order valence-electron chi connectivity index (χ3n) is 15.2. The van der Waals surface area contributed by atoms with Crippen LogP contribution in [0.25, 0.3) is 0 Å². The number of rotatable bonds is 57. The van der Waals surface area contributed by atoms with Gasteiger partial charge < -0.3 is 0 Å². The Hall–Kier alpha value is 0.430. The number of hydrogen-bond donors (Lipinski definition) is 0. The first-order valence-corrected chi connectivity index (χ1v) is 33.1. The van der Waals surface area contributed by atoms with Crippen LogP contribution in [-0.2, 0) is 0 Å².